The fourth-order valence-corrected chi connectivity index (χ4v) is 0.888. The molecule has 0 unspecified atom stereocenters. The Morgan fingerprint density at radius 2 is 2.06 bits per heavy atom. The third kappa shape index (κ3) is 3.53. The van der Waals surface area contributed by atoms with E-state index >= 15 is 0 Å². The van der Waals surface area contributed by atoms with Crippen LogP contribution < -0.4 is 4.74 Å². The molecule has 0 saturated heterocycles. The zero-order valence-electron chi connectivity index (χ0n) is 8.85. The van der Waals surface area contributed by atoms with Gasteiger partial charge in [0.15, 0.2) is 0 Å². The number of aromatic nitrogens is 2. The molecule has 0 aromatic carbocycles. The van der Waals surface area contributed by atoms with Gasteiger partial charge in [-0.15, -0.1) is 0 Å². The van der Waals surface area contributed by atoms with Crippen LogP contribution in [0.5, 0.6) is 5.88 Å². The first-order chi connectivity index (χ1) is 7.77. The molecule has 1 heterocycles. The van der Waals surface area contributed by atoms with Crippen molar-refractivity contribution >= 4 is 5.90 Å². The number of rotatable bonds is 6. The minimum absolute atomic E-state index is 0.0588. The van der Waals surface area contributed by atoms with Gasteiger partial charge in [-0.3, -0.25) is 10.4 Å². The van der Waals surface area contributed by atoms with Crippen molar-refractivity contribution < 1.29 is 9.47 Å². The molecule has 0 aliphatic carbocycles. The smallest absolute Gasteiger partial charge is 0.234 e. The highest BCUT2D eigenvalue weighted by Gasteiger charge is 2.06. The van der Waals surface area contributed by atoms with Gasteiger partial charge in [0.1, 0.15) is 18.9 Å². The van der Waals surface area contributed by atoms with Crippen LogP contribution >= 0.6 is 0 Å². The van der Waals surface area contributed by atoms with Crippen LogP contribution in [0, 0.1) is 5.41 Å². The Morgan fingerprint density at radius 3 is 2.75 bits per heavy atom. The SMILES string of the molecule is C=CCOC(=N)c1cncc(OCC=C)n1. The molecule has 1 rings (SSSR count). The zero-order chi connectivity index (χ0) is 11.8. The molecule has 0 aliphatic rings. The van der Waals surface area contributed by atoms with E-state index in [2.05, 4.69) is 23.1 Å². The van der Waals surface area contributed by atoms with Gasteiger partial charge in [0.05, 0.1) is 12.4 Å². The van der Waals surface area contributed by atoms with Crippen LogP contribution in [0.4, 0.5) is 0 Å². The van der Waals surface area contributed by atoms with Crippen molar-refractivity contribution in [3.05, 3.63) is 43.4 Å². The van der Waals surface area contributed by atoms with Gasteiger partial charge in [-0.1, -0.05) is 25.3 Å². The summed E-state index contributed by atoms with van der Waals surface area (Å²) in [6, 6.07) is 0. The van der Waals surface area contributed by atoms with E-state index in [-0.39, 0.29) is 12.5 Å². The van der Waals surface area contributed by atoms with E-state index in [1.165, 1.54) is 12.4 Å². The predicted molar refractivity (Wildman–Crippen MR) is 60.7 cm³/mol. The van der Waals surface area contributed by atoms with Crippen molar-refractivity contribution in [3.63, 3.8) is 0 Å². The van der Waals surface area contributed by atoms with Gasteiger partial charge in [-0.05, 0) is 0 Å². The molecule has 0 atom stereocenters. The first-order valence-electron chi connectivity index (χ1n) is 4.66. The van der Waals surface area contributed by atoms with E-state index in [4.69, 9.17) is 14.9 Å². The summed E-state index contributed by atoms with van der Waals surface area (Å²) in [5.41, 5.74) is 0.323. The lowest BCUT2D eigenvalue weighted by Gasteiger charge is -2.05. The summed E-state index contributed by atoms with van der Waals surface area (Å²) in [5, 5.41) is 7.56. The van der Waals surface area contributed by atoms with Crippen LogP contribution in [-0.2, 0) is 4.74 Å². The highest BCUT2D eigenvalue weighted by molar-refractivity contribution is 5.89. The molecule has 0 fully saturated rings. The van der Waals surface area contributed by atoms with Crippen LogP contribution in [0.1, 0.15) is 5.69 Å². The topological polar surface area (TPSA) is 68.1 Å². The molecule has 5 heteroatoms. The van der Waals surface area contributed by atoms with E-state index in [0.29, 0.717) is 18.2 Å². The van der Waals surface area contributed by atoms with Crippen molar-refractivity contribution in [2.75, 3.05) is 13.2 Å². The van der Waals surface area contributed by atoms with Crippen molar-refractivity contribution in [1.29, 1.82) is 5.41 Å². The van der Waals surface area contributed by atoms with E-state index in [1.54, 1.807) is 12.2 Å². The molecule has 5 nitrogen and oxygen atoms in total. The summed E-state index contributed by atoms with van der Waals surface area (Å²) >= 11 is 0. The molecule has 0 spiro atoms. The zero-order valence-corrected chi connectivity index (χ0v) is 8.85. The second kappa shape index (κ2) is 6.34. The minimum atomic E-state index is -0.0588. The molecule has 0 amide bonds. The minimum Gasteiger partial charge on any atom is -0.472 e. The summed E-state index contributed by atoms with van der Waals surface area (Å²) in [6.07, 6.45) is 6.06. The lowest BCUT2D eigenvalue weighted by atomic mass is 10.4. The molecular formula is C11H13N3O2. The van der Waals surface area contributed by atoms with Crippen molar-refractivity contribution in [2.24, 2.45) is 0 Å². The third-order valence-corrected chi connectivity index (χ3v) is 1.54. The number of nitrogens with zero attached hydrogens (tertiary/aromatic N) is 2. The van der Waals surface area contributed by atoms with Gasteiger partial charge in [-0.25, -0.2) is 4.98 Å². The van der Waals surface area contributed by atoms with Gasteiger partial charge in [0.2, 0.25) is 11.8 Å². The third-order valence-electron chi connectivity index (χ3n) is 1.54. The average Bonchev–Trinajstić information content (AvgIpc) is 2.33. The summed E-state index contributed by atoms with van der Waals surface area (Å²) in [5.74, 6) is 0.279. The van der Waals surface area contributed by atoms with Crippen LogP contribution in [-0.4, -0.2) is 29.1 Å². The molecule has 0 bridgehead atoms. The summed E-state index contributed by atoms with van der Waals surface area (Å²) in [4.78, 5) is 7.94. The van der Waals surface area contributed by atoms with E-state index in [9.17, 15) is 0 Å². The normalized spacial score (nSPS) is 9.25. The highest BCUT2D eigenvalue weighted by atomic mass is 16.5. The van der Waals surface area contributed by atoms with Gasteiger partial charge in [-0.2, -0.15) is 0 Å². The average molecular weight is 219 g/mol. The fourth-order valence-electron chi connectivity index (χ4n) is 0.888. The second-order valence-electron chi connectivity index (χ2n) is 2.77. The first kappa shape index (κ1) is 11.9. The van der Waals surface area contributed by atoms with E-state index < -0.39 is 0 Å². The molecule has 1 N–H and O–H groups in total. The number of nitrogens with one attached hydrogen (secondary N) is 1. The molecule has 0 aliphatic heterocycles. The summed E-state index contributed by atoms with van der Waals surface area (Å²) < 4.78 is 10.2. The maximum Gasteiger partial charge on any atom is 0.234 e. The molecular weight excluding hydrogens is 206 g/mol. The number of hydrogen-bond donors (Lipinski definition) is 1. The Hall–Kier alpha value is -2.17. The molecule has 1 aromatic rings. The predicted octanol–water partition coefficient (Wildman–Crippen LogP) is 1.57. The van der Waals surface area contributed by atoms with Crippen LogP contribution in [0.25, 0.3) is 0 Å². The molecule has 0 radical (unpaired) electrons. The molecule has 84 valence electrons. The van der Waals surface area contributed by atoms with Crippen molar-refractivity contribution in [3.8, 4) is 5.88 Å². The van der Waals surface area contributed by atoms with Gasteiger partial charge in [0.25, 0.3) is 0 Å². The van der Waals surface area contributed by atoms with E-state index in [1.807, 2.05) is 0 Å². The van der Waals surface area contributed by atoms with Crippen molar-refractivity contribution in [2.45, 2.75) is 0 Å². The second-order valence-corrected chi connectivity index (χ2v) is 2.77. The van der Waals surface area contributed by atoms with Gasteiger partial charge < -0.3 is 9.47 Å². The molecule has 16 heavy (non-hydrogen) atoms. The summed E-state index contributed by atoms with van der Waals surface area (Å²) in [6.45, 7) is 7.62. The highest BCUT2D eigenvalue weighted by Crippen LogP contribution is 2.06. The standard InChI is InChI=1S/C11H13N3O2/c1-3-5-15-10-8-13-7-9(14-10)11(12)16-6-4-2/h3-4,7-8,12H,1-2,5-6H2. The maximum atomic E-state index is 7.56. The van der Waals surface area contributed by atoms with Gasteiger partial charge >= 0.3 is 0 Å². The van der Waals surface area contributed by atoms with E-state index in [0.717, 1.165) is 0 Å². The molecule has 0 saturated carbocycles. The van der Waals surface area contributed by atoms with Crippen molar-refractivity contribution in [1.82, 2.24) is 9.97 Å². The Labute approximate surface area is 94.0 Å². The quantitative estimate of drug-likeness (QED) is 0.448. The maximum absolute atomic E-state index is 7.56. The lowest BCUT2D eigenvalue weighted by Crippen LogP contribution is -2.09. The monoisotopic (exact) mass is 219 g/mol. The van der Waals surface area contributed by atoms with Gasteiger partial charge in [0, 0.05) is 0 Å². The van der Waals surface area contributed by atoms with Crippen LogP contribution in [0.2, 0.25) is 0 Å². The van der Waals surface area contributed by atoms with Crippen LogP contribution in [0.3, 0.4) is 0 Å². The number of hydrogen-bond acceptors (Lipinski definition) is 5. The number of ether oxygens (including phenoxy) is 2. The largest absolute Gasteiger partial charge is 0.472 e. The van der Waals surface area contributed by atoms with Crippen LogP contribution in [0.15, 0.2) is 37.7 Å². The fraction of sp³-hybridized carbons (Fsp3) is 0.182. The Morgan fingerprint density at radius 1 is 1.31 bits per heavy atom. The first-order valence-corrected chi connectivity index (χ1v) is 4.66. The Balaban J connectivity index is 2.69. The Kier molecular flexibility index (Phi) is 4.72. The summed E-state index contributed by atoms with van der Waals surface area (Å²) in [7, 11) is 0. The molecule has 1 aromatic heterocycles. The lowest BCUT2D eigenvalue weighted by molar-refractivity contribution is 0.337. The Bertz CT molecular complexity index is 391.